The first-order valence-electron chi connectivity index (χ1n) is 29.3. The predicted octanol–water partition coefficient (Wildman–Crippen LogP) is 6.57. The first kappa shape index (κ1) is 48.1. The Balaban J connectivity index is 0.915. The summed E-state index contributed by atoms with van der Waals surface area (Å²) in [5.41, 5.74) is -5.22. The van der Waals surface area contributed by atoms with Gasteiger partial charge in [-0.05, 0) is 156 Å². The predicted molar refractivity (Wildman–Crippen MR) is 271 cm³/mol. The van der Waals surface area contributed by atoms with Gasteiger partial charge < -0.3 is 43.6 Å². The van der Waals surface area contributed by atoms with Gasteiger partial charge in [0.1, 0.15) is 24.1 Å². The van der Waals surface area contributed by atoms with Crippen LogP contribution in [0.2, 0.25) is 0 Å². The van der Waals surface area contributed by atoms with Crippen LogP contribution in [-0.2, 0) is 58.2 Å². The van der Waals surface area contributed by atoms with Crippen LogP contribution in [0.3, 0.4) is 0 Å². The summed E-state index contributed by atoms with van der Waals surface area (Å²) in [7, 11) is 0. The molecule has 75 heavy (non-hydrogen) atoms. The van der Waals surface area contributed by atoms with Gasteiger partial charge in [-0.25, -0.2) is 4.79 Å². The van der Waals surface area contributed by atoms with Crippen molar-refractivity contribution in [3.63, 3.8) is 0 Å². The maximum Gasteiger partial charge on any atom is 0.339 e. The molecule has 7 aliphatic carbocycles. The van der Waals surface area contributed by atoms with Crippen LogP contribution in [0.15, 0.2) is 53.3 Å². The van der Waals surface area contributed by atoms with Crippen LogP contribution < -0.4 is 5.32 Å². The van der Waals surface area contributed by atoms with Gasteiger partial charge in [-0.2, -0.15) is 0 Å². The number of Topliss-reactive ketones (excluding diaryl/α,β-unsaturated/α-hetero) is 1. The molecule has 1 aromatic carbocycles. The lowest BCUT2D eigenvalue weighted by Gasteiger charge is -2.72. The second-order valence-corrected chi connectivity index (χ2v) is 27.2. The zero-order valence-corrected chi connectivity index (χ0v) is 44.0. The normalized spacial score (nSPS) is 47.4. The van der Waals surface area contributed by atoms with E-state index in [0.717, 1.165) is 75.7 Å². The Morgan fingerprint density at radius 1 is 0.947 bits per heavy atom. The molecule has 7 heterocycles. The molecule has 5 spiro atoms. The van der Waals surface area contributed by atoms with Crippen LogP contribution in [0, 0.1) is 92.7 Å². The topological polar surface area (TPSA) is 181 Å². The number of hydrogen-bond acceptors (Lipinski definition) is 13. The van der Waals surface area contributed by atoms with E-state index in [1.807, 2.05) is 26.2 Å². The Morgan fingerprint density at radius 3 is 2.59 bits per heavy atom. The van der Waals surface area contributed by atoms with E-state index in [1.54, 1.807) is 0 Å². The summed E-state index contributed by atoms with van der Waals surface area (Å²) in [6.07, 6.45) is 13.8. The van der Waals surface area contributed by atoms with Gasteiger partial charge >= 0.3 is 11.9 Å². The number of esters is 2. The number of allylic oxidation sites excluding steroid dienone is 1. The first-order chi connectivity index (χ1) is 36.2. The van der Waals surface area contributed by atoms with E-state index in [-0.39, 0.29) is 54.6 Å². The lowest BCUT2D eigenvalue weighted by Crippen LogP contribution is -2.82. The molecule has 4 bridgehead atoms. The molecule has 400 valence electrons. The second-order valence-electron chi connectivity index (χ2n) is 27.2. The summed E-state index contributed by atoms with van der Waals surface area (Å²) in [6, 6.07) is 11.0. The third-order valence-electron chi connectivity index (χ3n) is 24.2. The van der Waals surface area contributed by atoms with Crippen molar-refractivity contribution in [1.82, 2.24) is 10.2 Å². The van der Waals surface area contributed by atoms with Crippen LogP contribution in [0.1, 0.15) is 127 Å². The highest BCUT2D eigenvalue weighted by Gasteiger charge is 2.96. The van der Waals surface area contributed by atoms with Crippen LogP contribution >= 0.6 is 0 Å². The Labute approximate surface area is 440 Å². The Morgan fingerprint density at radius 2 is 1.77 bits per heavy atom. The van der Waals surface area contributed by atoms with E-state index in [2.05, 4.69) is 65.5 Å². The maximum atomic E-state index is 16.4. The molecule has 2 aromatic rings. The van der Waals surface area contributed by atoms with E-state index in [0.29, 0.717) is 75.0 Å². The van der Waals surface area contributed by atoms with E-state index in [1.165, 1.54) is 5.56 Å². The number of carbonyl (C=O) groups is 3. The van der Waals surface area contributed by atoms with Crippen molar-refractivity contribution in [2.24, 2.45) is 80.8 Å². The molecule has 20 unspecified atom stereocenters. The van der Waals surface area contributed by atoms with Gasteiger partial charge in [0.2, 0.25) is 0 Å². The van der Waals surface area contributed by atoms with Gasteiger partial charge in [-0.1, -0.05) is 68.0 Å². The summed E-state index contributed by atoms with van der Waals surface area (Å²) < 4.78 is 35.6. The smallest absolute Gasteiger partial charge is 0.339 e. The molecule has 0 amide bonds. The minimum absolute atomic E-state index is 0.00235. The number of carbonyl (C=O) groups excluding carboxylic acids is 3. The zero-order valence-electron chi connectivity index (χ0n) is 44.0. The first-order valence-corrected chi connectivity index (χ1v) is 29.3. The van der Waals surface area contributed by atoms with Crippen molar-refractivity contribution in [2.45, 2.75) is 171 Å². The molecule has 20 atom stereocenters. The van der Waals surface area contributed by atoms with Gasteiger partial charge in [0.25, 0.3) is 0 Å². The zero-order chi connectivity index (χ0) is 51.2. The number of ketones is 1. The highest BCUT2D eigenvalue weighted by Crippen LogP contribution is 2.86. The number of nitrogens with zero attached hydrogens (tertiary/aromatic N) is 1. The number of rotatable bonds is 7. The number of aliphatic hydroxyl groups is 3. The number of furan rings is 1. The SMILES string of the molecule is CC1(C)OC2C3(CCCC3)C(=O)OCC23C1C(=O)C(O)C12C4CC(Cc5ccccc5)CCC4C#CC4CCc5coc(CC(C(O)CO)C6CCC7C(C=CN8CNCC78)C6)c5C45OC(=O)C4OC41C5(C)CCC32. The molecular weight excluding hydrogens is 949 g/mol. The largest absolute Gasteiger partial charge is 0.469 e. The highest BCUT2D eigenvalue weighted by atomic mass is 16.7. The van der Waals surface area contributed by atoms with Crippen LogP contribution in [0.25, 0.3) is 0 Å². The fourth-order valence-electron chi connectivity index (χ4n) is 21.6. The number of ether oxygens (including phenoxy) is 4. The molecule has 6 aliphatic heterocycles. The number of epoxide rings is 1. The van der Waals surface area contributed by atoms with Gasteiger partial charge in [0.05, 0.1) is 54.6 Å². The lowest BCUT2D eigenvalue weighted by molar-refractivity contribution is -0.307. The molecule has 13 nitrogen and oxygen atoms in total. The van der Waals surface area contributed by atoms with E-state index >= 15 is 9.59 Å². The minimum atomic E-state index is -1.54. The second kappa shape index (κ2) is 16.3. The highest BCUT2D eigenvalue weighted by molar-refractivity contribution is 5.93. The van der Waals surface area contributed by atoms with E-state index in [4.69, 9.17) is 23.4 Å². The number of aryl methyl sites for hydroxylation is 1. The Hall–Kier alpha value is -4.03. The van der Waals surface area contributed by atoms with Gasteiger partial charge in [-0.15, -0.1) is 0 Å². The molecule has 0 radical (unpaired) electrons. The third-order valence-corrected chi connectivity index (χ3v) is 24.2. The quantitative estimate of drug-likeness (QED) is 0.133. The van der Waals surface area contributed by atoms with Crippen LogP contribution in [-0.4, -0.2) is 106 Å². The number of nitrogens with one attached hydrogen (secondary N) is 1. The number of hydrogen-bond donors (Lipinski definition) is 4. The number of benzene rings is 1. The summed E-state index contributed by atoms with van der Waals surface area (Å²) in [4.78, 5) is 49.1. The molecule has 5 saturated heterocycles. The fourth-order valence-corrected chi connectivity index (χ4v) is 21.6. The van der Waals surface area contributed by atoms with Gasteiger partial charge in [-0.3, -0.25) is 14.9 Å². The molecule has 13 aliphatic rings. The lowest BCUT2D eigenvalue weighted by atomic mass is 9.30. The van der Waals surface area contributed by atoms with Crippen molar-refractivity contribution in [3.8, 4) is 11.8 Å². The van der Waals surface area contributed by atoms with Crippen LogP contribution in [0.5, 0.6) is 0 Å². The average molecular weight is 1030 g/mol. The fraction of sp³-hybridized carbons (Fsp3) is 0.726. The standard InChI is InChI=1S/C62H76N2O11/c1-56(2)50-49(67)51(68)60-43-26-35(25-34-9-5-4-6-10-34)11-12-36(43)13-16-40-17-14-39-31-71-46(28-42(45(66)30-65)37-15-18-41-38(27-37)20-24-64-33-63-29-44(41)64)48(39)61(40)57(3,62(60)52(73-62)53(69)74-61)23-19-47(60)59(50)32-72-55(70)58(54(59)75-56)21-7-8-22-58/h4-6,9-10,20,24,31,35-38,40-45,47,50-52,54,63,65-66,68H,7-8,11-12,14-15,17-19,21-23,25-30,32-33H2,1-3H3. The summed E-state index contributed by atoms with van der Waals surface area (Å²) in [5.74, 6) is 5.99. The molecule has 15 rings (SSSR count). The third kappa shape index (κ3) is 5.85. The summed E-state index contributed by atoms with van der Waals surface area (Å²) in [5, 5.41) is 40.5. The number of aliphatic hydroxyl groups excluding tert-OH is 3. The molecular formula is C62H76N2O11. The van der Waals surface area contributed by atoms with Crippen molar-refractivity contribution < 1.29 is 53.1 Å². The molecule has 1 aromatic heterocycles. The van der Waals surface area contributed by atoms with Crippen molar-refractivity contribution in [3.05, 3.63) is 71.3 Å². The molecule has 4 N–H and O–H groups in total. The maximum absolute atomic E-state index is 16.4. The molecule has 13 heteroatoms. The molecule has 5 saturated carbocycles. The van der Waals surface area contributed by atoms with Crippen molar-refractivity contribution >= 4 is 17.7 Å². The van der Waals surface area contributed by atoms with E-state index in [9.17, 15) is 20.1 Å². The van der Waals surface area contributed by atoms with Gasteiger partial charge in [0, 0.05) is 46.7 Å². The van der Waals surface area contributed by atoms with Crippen molar-refractivity contribution in [2.75, 3.05) is 26.4 Å². The van der Waals surface area contributed by atoms with Gasteiger partial charge in [0.15, 0.2) is 17.5 Å². The van der Waals surface area contributed by atoms with Crippen LogP contribution in [0.4, 0.5) is 0 Å². The Kier molecular flexibility index (Phi) is 10.4. The minimum Gasteiger partial charge on any atom is -0.469 e. The van der Waals surface area contributed by atoms with Crippen molar-refractivity contribution in [1.29, 1.82) is 0 Å². The monoisotopic (exact) mass is 1020 g/mol. The van der Waals surface area contributed by atoms with E-state index < -0.39 is 86.6 Å². The number of cyclic esters (lactones) is 1. The Bertz CT molecular complexity index is 2810. The molecule has 10 fully saturated rings. The number of fused-ring (bicyclic) bond motifs is 6. The average Bonchev–Trinajstić information content (AvgIpc) is 2.92. The summed E-state index contributed by atoms with van der Waals surface area (Å²) in [6.45, 7) is 7.63. The summed E-state index contributed by atoms with van der Waals surface area (Å²) >= 11 is 0.